The van der Waals surface area contributed by atoms with Crippen molar-refractivity contribution in [3.05, 3.63) is 53.6 Å². The number of hydrogen-bond acceptors (Lipinski definition) is 8. The first-order valence-corrected chi connectivity index (χ1v) is 11.3. The lowest BCUT2D eigenvalue weighted by atomic mass is 10.0. The highest BCUT2D eigenvalue weighted by atomic mass is 16.7. The van der Waals surface area contributed by atoms with Gasteiger partial charge >= 0.3 is 5.97 Å². The minimum atomic E-state index is -1.10. The van der Waals surface area contributed by atoms with Crippen LogP contribution in [0.1, 0.15) is 34.8 Å². The maximum atomic E-state index is 13.0. The van der Waals surface area contributed by atoms with Gasteiger partial charge in [-0.25, -0.2) is 19.7 Å². The van der Waals surface area contributed by atoms with Gasteiger partial charge in [0.2, 0.25) is 11.8 Å². The smallest absolute Gasteiger partial charge is 0.354 e. The monoisotopic (exact) mass is 479 g/mol. The number of imidazole rings is 1. The zero-order valence-corrected chi connectivity index (χ0v) is 19.2. The summed E-state index contributed by atoms with van der Waals surface area (Å²) in [7, 11) is 1.54. The highest BCUT2D eigenvalue weighted by Crippen LogP contribution is 2.26. The van der Waals surface area contributed by atoms with E-state index in [4.69, 9.17) is 14.2 Å². The van der Waals surface area contributed by atoms with Gasteiger partial charge in [0.05, 0.1) is 24.9 Å². The molecule has 0 aromatic carbocycles. The molecule has 5 heterocycles. The largest absolute Gasteiger partial charge is 0.477 e. The zero-order valence-electron chi connectivity index (χ0n) is 19.2. The van der Waals surface area contributed by atoms with Crippen molar-refractivity contribution >= 4 is 28.6 Å². The summed E-state index contributed by atoms with van der Waals surface area (Å²) in [5.41, 5.74) is 2.53. The van der Waals surface area contributed by atoms with Crippen LogP contribution < -0.4 is 4.74 Å². The number of ether oxygens (including phenoxy) is 3. The van der Waals surface area contributed by atoms with Crippen molar-refractivity contribution in [2.24, 2.45) is 0 Å². The van der Waals surface area contributed by atoms with Gasteiger partial charge in [-0.1, -0.05) is 6.07 Å². The summed E-state index contributed by atoms with van der Waals surface area (Å²) < 4.78 is 17.8. The molecule has 2 aliphatic heterocycles. The molecule has 0 aliphatic carbocycles. The third kappa shape index (κ3) is 4.86. The van der Waals surface area contributed by atoms with Crippen LogP contribution in [0.3, 0.4) is 0 Å². The molecular weight excluding hydrogens is 454 g/mol. The van der Waals surface area contributed by atoms with E-state index in [1.54, 1.807) is 23.1 Å². The van der Waals surface area contributed by atoms with Gasteiger partial charge in [-0.05, 0) is 36.6 Å². The van der Waals surface area contributed by atoms with E-state index < -0.39 is 5.97 Å². The Hall–Kier alpha value is -3.83. The molecule has 2 aliphatic rings. The summed E-state index contributed by atoms with van der Waals surface area (Å²) in [6.45, 7) is 2.07. The van der Waals surface area contributed by atoms with Gasteiger partial charge in [0, 0.05) is 32.4 Å². The van der Waals surface area contributed by atoms with Crippen LogP contribution in [-0.2, 0) is 27.4 Å². The zero-order chi connectivity index (χ0) is 24.4. The second-order valence-corrected chi connectivity index (χ2v) is 8.36. The first-order valence-electron chi connectivity index (χ1n) is 11.3. The number of nitrogens with zero attached hydrogens (tertiary/aromatic N) is 5. The van der Waals surface area contributed by atoms with Crippen molar-refractivity contribution in [3.8, 4) is 5.88 Å². The molecule has 1 N–H and O–H groups in total. The molecule has 182 valence electrons. The summed E-state index contributed by atoms with van der Waals surface area (Å²) in [5, 5.41) is 9.36. The number of aromatic carboxylic acids is 1. The number of rotatable bonds is 9. The number of carboxylic acid groups (broad SMARTS) is 1. The minimum Gasteiger partial charge on any atom is -0.477 e. The van der Waals surface area contributed by atoms with Gasteiger partial charge < -0.3 is 28.8 Å². The lowest BCUT2D eigenvalue weighted by molar-refractivity contribution is -0.127. The maximum Gasteiger partial charge on any atom is 0.354 e. The van der Waals surface area contributed by atoms with E-state index in [1.165, 1.54) is 13.2 Å². The SMILES string of the molecule is COCOc1cccc(C2=CC(=O)N(Cc3nc4ccc(C(=O)O)nc4n3CC3CCO3)CC2)n1. The summed E-state index contributed by atoms with van der Waals surface area (Å²) in [5.74, 6) is -0.173. The molecule has 5 rings (SSSR count). The summed E-state index contributed by atoms with van der Waals surface area (Å²) in [4.78, 5) is 39.6. The number of aromatic nitrogens is 4. The van der Waals surface area contributed by atoms with Gasteiger partial charge in [0.25, 0.3) is 0 Å². The van der Waals surface area contributed by atoms with Crippen molar-refractivity contribution in [2.75, 3.05) is 27.1 Å². The predicted octanol–water partition coefficient (Wildman–Crippen LogP) is 2.11. The summed E-state index contributed by atoms with van der Waals surface area (Å²) in [6.07, 6.45) is 3.14. The number of fused-ring (bicyclic) bond motifs is 1. The van der Waals surface area contributed by atoms with E-state index >= 15 is 0 Å². The van der Waals surface area contributed by atoms with Crippen LogP contribution >= 0.6 is 0 Å². The third-order valence-corrected chi connectivity index (χ3v) is 6.04. The maximum absolute atomic E-state index is 13.0. The first-order chi connectivity index (χ1) is 17.0. The summed E-state index contributed by atoms with van der Waals surface area (Å²) >= 11 is 0. The number of carbonyl (C=O) groups is 2. The normalized spacial score (nSPS) is 17.9. The molecule has 0 bridgehead atoms. The quantitative estimate of drug-likeness (QED) is 0.459. The van der Waals surface area contributed by atoms with Crippen molar-refractivity contribution in [1.82, 2.24) is 24.4 Å². The van der Waals surface area contributed by atoms with Crippen LogP contribution in [0.15, 0.2) is 36.4 Å². The number of carboxylic acids is 1. The Bertz CT molecular complexity index is 1300. The van der Waals surface area contributed by atoms with Crippen LogP contribution in [0.2, 0.25) is 0 Å². The van der Waals surface area contributed by atoms with Crippen molar-refractivity contribution < 1.29 is 28.9 Å². The Labute approximate surface area is 201 Å². The Balaban J connectivity index is 1.38. The molecule has 3 aromatic heterocycles. The first kappa shape index (κ1) is 22.9. The summed E-state index contributed by atoms with van der Waals surface area (Å²) in [6, 6.07) is 8.49. The second kappa shape index (κ2) is 9.80. The standard InChI is InChI=1S/C24H25N5O6/c1-33-14-35-21-4-2-3-17(26-21)15-7-9-28(22(30)11-15)13-20-25-18-5-6-19(24(31)32)27-23(18)29(20)12-16-8-10-34-16/h2-6,11,16H,7-10,12-14H2,1H3,(H,31,32). The van der Waals surface area contributed by atoms with Crippen LogP contribution in [-0.4, -0.2) is 74.6 Å². The number of pyridine rings is 2. The van der Waals surface area contributed by atoms with Crippen LogP contribution in [0.5, 0.6) is 5.88 Å². The average Bonchev–Trinajstić information content (AvgIpc) is 3.17. The lowest BCUT2D eigenvalue weighted by Gasteiger charge is -2.29. The number of hydrogen-bond donors (Lipinski definition) is 1. The van der Waals surface area contributed by atoms with E-state index in [2.05, 4.69) is 15.0 Å². The average molecular weight is 479 g/mol. The van der Waals surface area contributed by atoms with E-state index in [9.17, 15) is 14.7 Å². The molecule has 1 atom stereocenters. The van der Waals surface area contributed by atoms with Crippen molar-refractivity contribution in [1.29, 1.82) is 0 Å². The molecule has 11 heteroatoms. The number of amides is 1. The Morgan fingerprint density at radius 3 is 2.80 bits per heavy atom. The second-order valence-electron chi connectivity index (χ2n) is 8.36. The fourth-order valence-electron chi connectivity index (χ4n) is 4.11. The van der Waals surface area contributed by atoms with Gasteiger partial charge in [0.1, 0.15) is 11.3 Å². The number of methoxy groups -OCH3 is 1. The van der Waals surface area contributed by atoms with Gasteiger partial charge in [-0.3, -0.25) is 4.79 Å². The van der Waals surface area contributed by atoms with Crippen LogP contribution in [0, 0.1) is 0 Å². The highest BCUT2D eigenvalue weighted by Gasteiger charge is 2.26. The lowest BCUT2D eigenvalue weighted by Crippen LogP contribution is -2.36. The third-order valence-electron chi connectivity index (χ3n) is 6.04. The highest BCUT2D eigenvalue weighted by molar-refractivity contribution is 5.96. The van der Waals surface area contributed by atoms with E-state index in [0.717, 1.165) is 12.0 Å². The Morgan fingerprint density at radius 1 is 1.23 bits per heavy atom. The van der Waals surface area contributed by atoms with E-state index in [0.29, 0.717) is 54.7 Å². The van der Waals surface area contributed by atoms with E-state index in [-0.39, 0.29) is 31.0 Å². The molecule has 1 saturated heterocycles. The van der Waals surface area contributed by atoms with Crippen molar-refractivity contribution in [3.63, 3.8) is 0 Å². The molecule has 1 fully saturated rings. The van der Waals surface area contributed by atoms with Gasteiger partial charge in [-0.15, -0.1) is 0 Å². The molecular formula is C24H25N5O6. The van der Waals surface area contributed by atoms with Crippen LogP contribution in [0.25, 0.3) is 16.7 Å². The Kier molecular flexibility index (Phi) is 6.43. The fraction of sp³-hybridized carbons (Fsp3) is 0.375. The fourth-order valence-corrected chi connectivity index (χ4v) is 4.11. The topological polar surface area (TPSA) is 129 Å². The molecule has 1 unspecified atom stereocenters. The molecule has 11 nitrogen and oxygen atoms in total. The predicted molar refractivity (Wildman–Crippen MR) is 124 cm³/mol. The Morgan fingerprint density at radius 2 is 2.09 bits per heavy atom. The van der Waals surface area contributed by atoms with Crippen molar-refractivity contribution in [2.45, 2.75) is 32.0 Å². The van der Waals surface area contributed by atoms with Gasteiger partial charge in [0.15, 0.2) is 18.1 Å². The van der Waals surface area contributed by atoms with Gasteiger partial charge in [-0.2, -0.15) is 0 Å². The van der Waals surface area contributed by atoms with E-state index in [1.807, 2.05) is 16.7 Å². The molecule has 0 spiro atoms. The number of carbonyl (C=O) groups excluding carboxylic acids is 1. The molecule has 3 aromatic rings. The molecule has 0 saturated carbocycles. The molecule has 1 amide bonds. The van der Waals surface area contributed by atoms with Crippen LogP contribution in [0.4, 0.5) is 0 Å². The molecule has 0 radical (unpaired) electrons. The molecule has 35 heavy (non-hydrogen) atoms. The minimum absolute atomic E-state index is 0.0173.